The van der Waals surface area contributed by atoms with Crippen LogP contribution in [0.2, 0.25) is 0 Å². The first-order valence-corrected chi connectivity index (χ1v) is 2.34. The number of hydrogen-bond acceptors (Lipinski definition) is 3. The van der Waals surface area contributed by atoms with E-state index >= 15 is 0 Å². The molecule has 0 aromatic carbocycles. The Kier molecular flexibility index (Phi) is 2.68. The SMILES string of the molecule is C=CCCC(O)(O)O. The molecule has 0 amide bonds. The molecule has 0 aliphatic carbocycles. The summed E-state index contributed by atoms with van der Waals surface area (Å²) in [5.41, 5.74) is 0. The van der Waals surface area contributed by atoms with Crippen molar-refractivity contribution in [2.45, 2.75) is 18.8 Å². The number of allylic oxidation sites excluding steroid dienone is 1. The van der Waals surface area contributed by atoms with Crippen LogP contribution in [-0.4, -0.2) is 21.3 Å². The molecule has 8 heavy (non-hydrogen) atoms. The monoisotopic (exact) mass is 118 g/mol. The second-order valence-electron chi connectivity index (χ2n) is 1.60. The molecule has 0 aromatic rings. The molecule has 0 spiro atoms. The molecule has 0 rings (SSSR count). The molecule has 0 atom stereocenters. The number of hydrogen-bond donors (Lipinski definition) is 3. The molecule has 0 radical (unpaired) electrons. The van der Waals surface area contributed by atoms with Crippen molar-refractivity contribution in [3.8, 4) is 0 Å². The zero-order valence-corrected chi connectivity index (χ0v) is 4.54. The Morgan fingerprint density at radius 2 is 1.88 bits per heavy atom. The summed E-state index contributed by atoms with van der Waals surface area (Å²) in [6.45, 7) is 3.33. The lowest BCUT2D eigenvalue weighted by Crippen LogP contribution is -2.26. The largest absolute Gasteiger partial charge is 0.344 e. The van der Waals surface area contributed by atoms with E-state index in [4.69, 9.17) is 15.3 Å². The molecule has 48 valence electrons. The lowest BCUT2D eigenvalue weighted by Gasteiger charge is -2.10. The van der Waals surface area contributed by atoms with Crippen molar-refractivity contribution in [3.63, 3.8) is 0 Å². The van der Waals surface area contributed by atoms with Crippen molar-refractivity contribution < 1.29 is 15.3 Å². The van der Waals surface area contributed by atoms with Gasteiger partial charge in [-0.3, -0.25) is 0 Å². The quantitative estimate of drug-likeness (QED) is 0.348. The van der Waals surface area contributed by atoms with Gasteiger partial charge in [0.15, 0.2) is 0 Å². The molecule has 0 bridgehead atoms. The lowest BCUT2D eigenvalue weighted by molar-refractivity contribution is -0.313. The third-order valence-corrected chi connectivity index (χ3v) is 0.684. The summed E-state index contributed by atoms with van der Waals surface area (Å²) >= 11 is 0. The molecule has 0 saturated carbocycles. The van der Waals surface area contributed by atoms with Gasteiger partial charge in [0.05, 0.1) is 0 Å². The van der Waals surface area contributed by atoms with Crippen molar-refractivity contribution in [1.29, 1.82) is 0 Å². The highest BCUT2D eigenvalue weighted by molar-refractivity contribution is 4.67. The van der Waals surface area contributed by atoms with E-state index in [9.17, 15) is 0 Å². The second kappa shape index (κ2) is 2.81. The van der Waals surface area contributed by atoms with Crippen LogP contribution >= 0.6 is 0 Å². The molecule has 0 saturated heterocycles. The molecule has 0 aliphatic heterocycles. The highest BCUT2D eigenvalue weighted by atomic mass is 16.7. The fraction of sp³-hybridized carbons (Fsp3) is 0.600. The summed E-state index contributed by atoms with van der Waals surface area (Å²) in [6.07, 6.45) is 1.80. The van der Waals surface area contributed by atoms with E-state index in [0.29, 0.717) is 6.42 Å². The van der Waals surface area contributed by atoms with E-state index in [-0.39, 0.29) is 6.42 Å². The summed E-state index contributed by atoms with van der Waals surface area (Å²) in [5, 5.41) is 24.6. The zero-order chi connectivity index (χ0) is 6.62. The van der Waals surface area contributed by atoms with Crippen LogP contribution in [0.1, 0.15) is 12.8 Å². The van der Waals surface area contributed by atoms with Gasteiger partial charge in [-0.2, -0.15) is 0 Å². The number of rotatable bonds is 3. The minimum Gasteiger partial charge on any atom is -0.344 e. The van der Waals surface area contributed by atoms with Crippen molar-refractivity contribution in [2.24, 2.45) is 0 Å². The topological polar surface area (TPSA) is 60.7 Å². The Balaban J connectivity index is 3.24. The van der Waals surface area contributed by atoms with E-state index in [1.54, 1.807) is 0 Å². The van der Waals surface area contributed by atoms with Crippen LogP contribution in [0.3, 0.4) is 0 Å². The van der Waals surface area contributed by atoms with Gasteiger partial charge >= 0.3 is 0 Å². The Morgan fingerprint density at radius 3 is 2.00 bits per heavy atom. The zero-order valence-electron chi connectivity index (χ0n) is 4.54. The predicted molar refractivity (Wildman–Crippen MR) is 28.8 cm³/mol. The first-order chi connectivity index (χ1) is 3.56. The van der Waals surface area contributed by atoms with Crippen molar-refractivity contribution in [2.75, 3.05) is 0 Å². The van der Waals surface area contributed by atoms with E-state index < -0.39 is 5.97 Å². The highest BCUT2D eigenvalue weighted by Gasteiger charge is 2.15. The molecular formula is C5H10O3. The van der Waals surface area contributed by atoms with Gasteiger partial charge in [0.1, 0.15) is 0 Å². The molecule has 0 fully saturated rings. The highest BCUT2D eigenvalue weighted by Crippen LogP contribution is 2.02. The molecule has 0 heterocycles. The third-order valence-electron chi connectivity index (χ3n) is 0.684. The standard InChI is InChI=1S/C5H10O3/c1-2-3-4-5(6,7)8/h2,6-8H,1,3-4H2. The van der Waals surface area contributed by atoms with Crippen LogP contribution in [0.15, 0.2) is 12.7 Å². The maximum atomic E-state index is 8.21. The van der Waals surface area contributed by atoms with Crippen molar-refractivity contribution >= 4 is 0 Å². The molecule has 3 N–H and O–H groups in total. The van der Waals surface area contributed by atoms with Crippen molar-refractivity contribution in [3.05, 3.63) is 12.7 Å². The van der Waals surface area contributed by atoms with Gasteiger partial charge in [-0.25, -0.2) is 0 Å². The third kappa shape index (κ3) is 5.62. The summed E-state index contributed by atoms with van der Waals surface area (Å²) in [4.78, 5) is 0. The predicted octanol–water partition coefficient (Wildman–Crippen LogP) is -0.417. The first kappa shape index (κ1) is 7.62. The Labute approximate surface area is 47.9 Å². The normalized spacial score (nSPS) is 11.4. The van der Waals surface area contributed by atoms with Gasteiger partial charge in [-0.1, -0.05) is 6.08 Å². The van der Waals surface area contributed by atoms with E-state index in [0.717, 1.165) is 0 Å². The molecule has 0 aromatic heterocycles. The van der Waals surface area contributed by atoms with Gasteiger partial charge in [0.2, 0.25) is 0 Å². The van der Waals surface area contributed by atoms with Gasteiger partial charge in [0.25, 0.3) is 5.97 Å². The van der Waals surface area contributed by atoms with Gasteiger partial charge < -0.3 is 15.3 Å². The first-order valence-electron chi connectivity index (χ1n) is 2.34. The fourth-order valence-electron chi connectivity index (χ4n) is 0.296. The minimum absolute atomic E-state index is 0.0868. The van der Waals surface area contributed by atoms with E-state index in [1.807, 2.05) is 0 Å². The summed E-state index contributed by atoms with van der Waals surface area (Å²) < 4.78 is 0. The molecule has 3 nitrogen and oxygen atoms in total. The summed E-state index contributed by atoms with van der Waals surface area (Å²) in [7, 11) is 0. The maximum Gasteiger partial charge on any atom is 0.275 e. The second-order valence-corrected chi connectivity index (χ2v) is 1.60. The lowest BCUT2D eigenvalue weighted by atomic mass is 10.3. The molecule has 0 aliphatic rings. The van der Waals surface area contributed by atoms with Gasteiger partial charge in [-0.15, -0.1) is 6.58 Å². The van der Waals surface area contributed by atoms with Crippen LogP contribution in [0, 0.1) is 0 Å². The van der Waals surface area contributed by atoms with E-state index in [2.05, 4.69) is 6.58 Å². The molecule has 3 heteroatoms. The van der Waals surface area contributed by atoms with Crippen LogP contribution in [0.4, 0.5) is 0 Å². The van der Waals surface area contributed by atoms with Crippen molar-refractivity contribution in [1.82, 2.24) is 0 Å². The molecule has 0 unspecified atom stereocenters. The van der Waals surface area contributed by atoms with Gasteiger partial charge in [0, 0.05) is 6.42 Å². The smallest absolute Gasteiger partial charge is 0.275 e. The average molecular weight is 118 g/mol. The Morgan fingerprint density at radius 1 is 1.38 bits per heavy atom. The number of aliphatic hydroxyl groups is 3. The van der Waals surface area contributed by atoms with Crippen LogP contribution < -0.4 is 0 Å². The Bertz CT molecular complexity index is 72.2. The van der Waals surface area contributed by atoms with Crippen LogP contribution in [0.25, 0.3) is 0 Å². The maximum absolute atomic E-state index is 8.21. The average Bonchev–Trinajstić information content (AvgIpc) is 1.59. The van der Waals surface area contributed by atoms with Crippen LogP contribution in [0.5, 0.6) is 0 Å². The van der Waals surface area contributed by atoms with Crippen LogP contribution in [-0.2, 0) is 0 Å². The summed E-state index contributed by atoms with van der Waals surface area (Å²) in [6, 6.07) is 0. The minimum atomic E-state index is -2.52. The summed E-state index contributed by atoms with van der Waals surface area (Å²) in [5.74, 6) is -2.52. The van der Waals surface area contributed by atoms with Gasteiger partial charge in [-0.05, 0) is 6.42 Å². The Hall–Kier alpha value is -0.380. The molecular weight excluding hydrogens is 108 g/mol. The van der Waals surface area contributed by atoms with E-state index in [1.165, 1.54) is 6.08 Å². The fourth-order valence-corrected chi connectivity index (χ4v) is 0.296.